The molecule has 0 saturated carbocycles. The molecule has 56 valence electrons. The van der Waals surface area contributed by atoms with E-state index in [4.69, 9.17) is 11.6 Å². The second-order valence-electron chi connectivity index (χ2n) is 2.17. The first-order valence-corrected chi connectivity index (χ1v) is 4.23. The minimum atomic E-state index is 0.492. The summed E-state index contributed by atoms with van der Waals surface area (Å²) in [6.07, 6.45) is 1.83. The molecule has 0 fully saturated rings. The molecule has 0 aliphatic rings. The van der Waals surface area contributed by atoms with Crippen LogP contribution in [0, 0.1) is 0 Å². The second kappa shape index (κ2) is 2.50. The standard InChI is InChI=1S/C7H4BrClN2/c8-5-3-6(9)11-7-4(5)1-2-10-7/h1-3H,(H,10,11). The number of nitrogens with zero attached hydrogens (tertiary/aromatic N) is 1. The predicted octanol–water partition coefficient (Wildman–Crippen LogP) is 2.98. The molecule has 0 aliphatic carbocycles. The average molecular weight is 231 g/mol. The molecule has 0 radical (unpaired) electrons. The Morgan fingerprint density at radius 1 is 1.55 bits per heavy atom. The molecule has 0 aliphatic heterocycles. The van der Waals surface area contributed by atoms with Gasteiger partial charge in [-0.05, 0) is 28.1 Å². The highest BCUT2D eigenvalue weighted by Crippen LogP contribution is 2.24. The molecule has 2 aromatic rings. The molecule has 2 rings (SSSR count). The highest BCUT2D eigenvalue weighted by molar-refractivity contribution is 9.10. The van der Waals surface area contributed by atoms with E-state index in [1.165, 1.54) is 0 Å². The summed E-state index contributed by atoms with van der Waals surface area (Å²) < 4.78 is 0.966. The molecule has 1 N–H and O–H groups in total. The van der Waals surface area contributed by atoms with Gasteiger partial charge in [0, 0.05) is 16.1 Å². The molecule has 2 nitrogen and oxygen atoms in total. The van der Waals surface area contributed by atoms with Crippen molar-refractivity contribution in [2.45, 2.75) is 0 Å². The highest BCUT2D eigenvalue weighted by Gasteiger charge is 2.01. The molecule has 2 aromatic heterocycles. The van der Waals surface area contributed by atoms with E-state index >= 15 is 0 Å². The number of hydrogen-bond acceptors (Lipinski definition) is 1. The van der Waals surface area contributed by atoms with E-state index < -0.39 is 0 Å². The van der Waals surface area contributed by atoms with Crippen molar-refractivity contribution in [1.82, 2.24) is 9.97 Å². The van der Waals surface area contributed by atoms with Crippen molar-refractivity contribution < 1.29 is 0 Å². The van der Waals surface area contributed by atoms with E-state index in [0.717, 1.165) is 15.5 Å². The zero-order valence-corrected chi connectivity index (χ0v) is 7.78. The quantitative estimate of drug-likeness (QED) is 0.694. The van der Waals surface area contributed by atoms with Crippen LogP contribution in [0.5, 0.6) is 0 Å². The van der Waals surface area contributed by atoms with Crippen LogP contribution >= 0.6 is 27.5 Å². The number of halogens is 2. The second-order valence-corrected chi connectivity index (χ2v) is 3.41. The van der Waals surface area contributed by atoms with Crippen molar-refractivity contribution in [3.63, 3.8) is 0 Å². The van der Waals surface area contributed by atoms with Crippen LogP contribution < -0.4 is 0 Å². The third-order valence-electron chi connectivity index (χ3n) is 1.45. The van der Waals surface area contributed by atoms with Crippen LogP contribution in [0.4, 0.5) is 0 Å². The first-order chi connectivity index (χ1) is 5.27. The van der Waals surface area contributed by atoms with Gasteiger partial charge in [0.2, 0.25) is 0 Å². The van der Waals surface area contributed by atoms with E-state index in [-0.39, 0.29) is 0 Å². The number of aromatic amines is 1. The van der Waals surface area contributed by atoms with Crippen LogP contribution in [0.3, 0.4) is 0 Å². The largest absolute Gasteiger partial charge is 0.346 e. The van der Waals surface area contributed by atoms with E-state index in [1.807, 2.05) is 12.3 Å². The molecule has 0 amide bonds. The van der Waals surface area contributed by atoms with Gasteiger partial charge < -0.3 is 4.98 Å². The molecule has 0 atom stereocenters. The van der Waals surface area contributed by atoms with Gasteiger partial charge in [0.1, 0.15) is 10.8 Å². The maximum atomic E-state index is 5.72. The maximum Gasteiger partial charge on any atom is 0.140 e. The van der Waals surface area contributed by atoms with Crippen LogP contribution in [-0.4, -0.2) is 9.97 Å². The number of pyridine rings is 1. The van der Waals surface area contributed by atoms with Gasteiger partial charge >= 0.3 is 0 Å². The van der Waals surface area contributed by atoms with Crippen molar-refractivity contribution in [2.75, 3.05) is 0 Å². The van der Waals surface area contributed by atoms with E-state index in [9.17, 15) is 0 Å². The summed E-state index contributed by atoms with van der Waals surface area (Å²) in [5, 5.41) is 1.54. The monoisotopic (exact) mass is 230 g/mol. The van der Waals surface area contributed by atoms with Crippen LogP contribution in [0.25, 0.3) is 11.0 Å². The fourth-order valence-corrected chi connectivity index (χ4v) is 1.83. The molecular formula is C7H4BrClN2. The van der Waals surface area contributed by atoms with Crippen molar-refractivity contribution in [3.05, 3.63) is 28.0 Å². The van der Waals surface area contributed by atoms with Gasteiger partial charge in [-0.1, -0.05) is 11.6 Å². The lowest BCUT2D eigenvalue weighted by atomic mass is 10.3. The molecular weight excluding hydrogens is 227 g/mol. The number of aromatic nitrogens is 2. The zero-order valence-electron chi connectivity index (χ0n) is 5.44. The SMILES string of the molecule is Clc1cc(Br)c2cc[nH]c2n1. The minimum Gasteiger partial charge on any atom is -0.346 e. The zero-order chi connectivity index (χ0) is 7.84. The smallest absolute Gasteiger partial charge is 0.140 e. The Morgan fingerprint density at radius 3 is 3.18 bits per heavy atom. The summed E-state index contributed by atoms with van der Waals surface area (Å²) in [6, 6.07) is 3.72. The number of H-pyrrole nitrogens is 1. The predicted molar refractivity (Wildman–Crippen MR) is 48.8 cm³/mol. The van der Waals surface area contributed by atoms with Crippen LogP contribution in [0.15, 0.2) is 22.8 Å². The van der Waals surface area contributed by atoms with Gasteiger partial charge in [-0.2, -0.15) is 0 Å². The van der Waals surface area contributed by atoms with Crippen LogP contribution in [-0.2, 0) is 0 Å². The molecule has 0 spiro atoms. The third kappa shape index (κ3) is 1.14. The van der Waals surface area contributed by atoms with Gasteiger partial charge in [-0.15, -0.1) is 0 Å². The maximum absolute atomic E-state index is 5.72. The Balaban J connectivity index is 2.91. The van der Waals surface area contributed by atoms with Crippen molar-refractivity contribution >= 4 is 38.6 Å². The lowest BCUT2D eigenvalue weighted by Crippen LogP contribution is -1.77. The summed E-state index contributed by atoms with van der Waals surface area (Å²) in [5.41, 5.74) is 0.810. The normalized spacial score (nSPS) is 10.7. The minimum absolute atomic E-state index is 0.492. The summed E-state index contributed by atoms with van der Waals surface area (Å²) >= 11 is 9.10. The number of rotatable bonds is 0. The van der Waals surface area contributed by atoms with E-state index in [2.05, 4.69) is 25.9 Å². The van der Waals surface area contributed by atoms with Crippen LogP contribution in [0.1, 0.15) is 0 Å². The topological polar surface area (TPSA) is 28.7 Å². The Labute approximate surface area is 76.7 Å². The molecule has 0 bridgehead atoms. The first-order valence-electron chi connectivity index (χ1n) is 3.06. The van der Waals surface area contributed by atoms with Gasteiger partial charge in [-0.25, -0.2) is 4.98 Å². The Bertz CT molecular complexity index is 396. The molecule has 0 saturated heterocycles. The number of hydrogen-bond donors (Lipinski definition) is 1. The number of fused-ring (bicyclic) bond motifs is 1. The summed E-state index contributed by atoms with van der Waals surface area (Å²) in [4.78, 5) is 7.05. The molecule has 0 unspecified atom stereocenters. The lowest BCUT2D eigenvalue weighted by molar-refractivity contribution is 1.32. The lowest BCUT2D eigenvalue weighted by Gasteiger charge is -1.93. The van der Waals surface area contributed by atoms with Crippen molar-refractivity contribution in [3.8, 4) is 0 Å². The molecule has 0 aromatic carbocycles. The Morgan fingerprint density at radius 2 is 2.36 bits per heavy atom. The van der Waals surface area contributed by atoms with Crippen LogP contribution in [0.2, 0.25) is 5.15 Å². The summed E-state index contributed by atoms with van der Waals surface area (Å²) in [7, 11) is 0. The first kappa shape index (κ1) is 7.13. The van der Waals surface area contributed by atoms with Gasteiger partial charge in [0.25, 0.3) is 0 Å². The van der Waals surface area contributed by atoms with Crippen molar-refractivity contribution in [1.29, 1.82) is 0 Å². The third-order valence-corrected chi connectivity index (χ3v) is 2.30. The number of nitrogens with one attached hydrogen (secondary N) is 1. The van der Waals surface area contributed by atoms with Gasteiger partial charge in [0.05, 0.1) is 0 Å². The van der Waals surface area contributed by atoms with Gasteiger partial charge in [-0.3, -0.25) is 0 Å². The summed E-state index contributed by atoms with van der Waals surface area (Å²) in [5.74, 6) is 0. The molecule has 4 heteroatoms. The summed E-state index contributed by atoms with van der Waals surface area (Å²) in [6.45, 7) is 0. The van der Waals surface area contributed by atoms with E-state index in [1.54, 1.807) is 6.07 Å². The average Bonchev–Trinajstić information content (AvgIpc) is 2.34. The Kier molecular flexibility index (Phi) is 1.62. The highest BCUT2D eigenvalue weighted by atomic mass is 79.9. The fraction of sp³-hybridized carbons (Fsp3) is 0. The van der Waals surface area contributed by atoms with Gasteiger partial charge in [0.15, 0.2) is 0 Å². The van der Waals surface area contributed by atoms with E-state index in [0.29, 0.717) is 5.15 Å². The Hall–Kier alpha value is -0.540. The van der Waals surface area contributed by atoms with Crippen molar-refractivity contribution in [2.24, 2.45) is 0 Å². The molecule has 11 heavy (non-hydrogen) atoms. The fourth-order valence-electron chi connectivity index (χ4n) is 0.967. The molecule has 2 heterocycles.